The fourth-order valence-electron chi connectivity index (χ4n) is 2.14. The molecule has 0 fully saturated rings. The molecule has 1 aromatic heterocycles. The van der Waals surface area contributed by atoms with Crippen LogP contribution in [-0.2, 0) is 0 Å². The fourth-order valence-corrected chi connectivity index (χ4v) is 2.40. The highest BCUT2D eigenvalue weighted by atomic mass is 79.9. The van der Waals surface area contributed by atoms with Crippen LogP contribution in [0.15, 0.2) is 59.3 Å². The number of anilines is 1. The monoisotopic (exact) mass is 343 g/mol. The van der Waals surface area contributed by atoms with E-state index >= 15 is 0 Å². The van der Waals surface area contributed by atoms with Gasteiger partial charge in [0.25, 0.3) is 0 Å². The standard InChI is InChI=1S/C15H14BrN5/c1-11(12-6-8-13(16)9-7-12)18-14-4-2-3-5-15(14)21-10-17-19-20-21/h2-11,18H,1H3. The Morgan fingerprint density at radius 2 is 1.86 bits per heavy atom. The molecule has 3 aromatic rings. The molecule has 6 heteroatoms. The molecule has 0 aliphatic carbocycles. The Morgan fingerprint density at radius 3 is 2.57 bits per heavy atom. The van der Waals surface area contributed by atoms with Gasteiger partial charge in [0.2, 0.25) is 0 Å². The van der Waals surface area contributed by atoms with Gasteiger partial charge in [0, 0.05) is 10.5 Å². The van der Waals surface area contributed by atoms with Crippen LogP contribution in [0.1, 0.15) is 18.5 Å². The van der Waals surface area contributed by atoms with E-state index in [2.05, 4.69) is 55.8 Å². The number of rotatable bonds is 4. The largest absolute Gasteiger partial charge is 0.377 e. The molecule has 0 aliphatic heterocycles. The molecule has 0 aliphatic rings. The van der Waals surface area contributed by atoms with Crippen molar-refractivity contribution in [2.75, 3.05) is 5.32 Å². The molecule has 0 saturated heterocycles. The van der Waals surface area contributed by atoms with Crippen molar-refractivity contribution >= 4 is 21.6 Å². The lowest BCUT2D eigenvalue weighted by atomic mass is 10.1. The summed E-state index contributed by atoms with van der Waals surface area (Å²) < 4.78 is 2.73. The summed E-state index contributed by atoms with van der Waals surface area (Å²) >= 11 is 3.45. The molecule has 3 rings (SSSR count). The number of nitrogens with one attached hydrogen (secondary N) is 1. The summed E-state index contributed by atoms with van der Waals surface area (Å²) in [5.41, 5.74) is 3.12. The van der Waals surface area contributed by atoms with Crippen molar-refractivity contribution in [3.05, 3.63) is 64.9 Å². The van der Waals surface area contributed by atoms with Crippen LogP contribution in [0.5, 0.6) is 0 Å². The van der Waals surface area contributed by atoms with Gasteiger partial charge in [0.05, 0.1) is 11.4 Å². The SMILES string of the molecule is CC(Nc1ccccc1-n1cnnn1)c1ccc(Br)cc1. The Balaban J connectivity index is 1.86. The number of nitrogens with zero attached hydrogens (tertiary/aromatic N) is 4. The van der Waals surface area contributed by atoms with Crippen molar-refractivity contribution in [3.63, 3.8) is 0 Å². The summed E-state index contributed by atoms with van der Waals surface area (Å²) in [5.74, 6) is 0. The average Bonchev–Trinajstić information content (AvgIpc) is 3.02. The molecule has 0 spiro atoms. The van der Waals surface area contributed by atoms with Crippen LogP contribution in [0.2, 0.25) is 0 Å². The fraction of sp³-hybridized carbons (Fsp3) is 0.133. The maximum atomic E-state index is 3.95. The van der Waals surface area contributed by atoms with E-state index in [0.717, 1.165) is 15.8 Å². The predicted octanol–water partition coefficient (Wildman–Crippen LogP) is 3.60. The van der Waals surface area contributed by atoms with Gasteiger partial charge in [-0.15, -0.1) is 5.10 Å². The number of hydrogen-bond donors (Lipinski definition) is 1. The second-order valence-electron chi connectivity index (χ2n) is 4.69. The van der Waals surface area contributed by atoms with Crippen LogP contribution in [0.3, 0.4) is 0 Å². The molecular weight excluding hydrogens is 330 g/mol. The Morgan fingerprint density at radius 1 is 1.10 bits per heavy atom. The lowest BCUT2D eigenvalue weighted by Crippen LogP contribution is -2.09. The summed E-state index contributed by atoms with van der Waals surface area (Å²) in [7, 11) is 0. The van der Waals surface area contributed by atoms with Crippen LogP contribution in [-0.4, -0.2) is 20.2 Å². The Kier molecular flexibility index (Phi) is 3.96. The number of tetrazole rings is 1. The quantitative estimate of drug-likeness (QED) is 0.786. The number of halogens is 1. The van der Waals surface area contributed by atoms with E-state index in [1.807, 2.05) is 36.4 Å². The molecule has 21 heavy (non-hydrogen) atoms. The molecule has 1 heterocycles. The van der Waals surface area contributed by atoms with E-state index in [0.29, 0.717) is 0 Å². The summed E-state index contributed by atoms with van der Waals surface area (Å²) in [4.78, 5) is 0. The molecule has 1 unspecified atom stereocenters. The molecular formula is C15H14BrN5. The van der Waals surface area contributed by atoms with Crippen molar-refractivity contribution in [2.24, 2.45) is 0 Å². The number of aromatic nitrogens is 4. The minimum atomic E-state index is 0.177. The second-order valence-corrected chi connectivity index (χ2v) is 5.60. The average molecular weight is 344 g/mol. The minimum Gasteiger partial charge on any atom is -0.377 e. The van der Waals surface area contributed by atoms with Gasteiger partial charge in [0.1, 0.15) is 6.33 Å². The van der Waals surface area contributed by atoms with Crippen molar-refractivity contribution in [1.82, 2.24) is 20.2 Å². The molecule has 106 valence electrons. The maximum absolute atomic E-state index is 3.95. The third-order valence-electron chi connectivity index (χ3n) is 3.24. The van der Waals surface area contributed by atoms with Crippen molar-refractivity contribution < 1.29 is 0 Å². The van der Waals surface area contributed by atoms with Crippen LogP contribution < -0.4 is 5.32 Å². The smallest absolute Gasteiger partial charge is 0.143 e. The lowest BCUT2D eigenvalue weighted by molar-refractivity contribution is 0.785. The second kappa shape index (κ2) is 6.05. The van der Waals surface area contributed by atoms with Crippen LogP contribution in [0, 0.1) is 0 Å². The van der Waals surface area contributed by atoms with E-state index in [1.54, 1.807) is 11.0 Å². The van der Waals surface area contributed by atoms with E-state index in [9.17, 15) is 0 Å². The number of hydrogen-bond acceptors (Lipinski definition) is 4. The third-order valence-corrected chi connectivity index (χ3v) is 3.77. The Bertz CT molecular complexity index is 709. The molecule has 0 amide bonds. The summed E-state index contributed by atoms with van der Waals surface area (Å²) in [5, 5.41) is 14.8. The van der Waals surface area contributed by atoms with Crippen molar-refractivity contribution in [1.29, 1.82) is 0 Å². The third kappa shape index (κ3) is 3.11. The van der Waals surface area contributed by atoms with E-state index in [1.165, 1.54) is 5.56 Å². The van der Waals surface area contributed by atoms with E-state index in [4.69, 9.17) is 0 Å². The number of para-hydroxylation sites is 2. The van der Waals surface area contributed by atoms with Gasteiger partial charge in [-0.25, -0.2) is 0 Å². The van der Waals surface area contributed by atoms with Gasteiger partial charge in [-0.05, 0) is 47.2 Å². The zero-order valence-electron chi connectivity index (χ0n) is 11.4. The zero-order chi connectivity index (χ0) is 14.7. The number of benzene rings is 2. The van der Waals surface area contributed by atoms with Crippen LogP contribution >= 0.6 is 15.9 Å². The summed E-state index contributed by atoms with van der Waals surface area (Å²) in [6.45, 7) is 2.12. The topological polar surface area (TPSA) is 55.6 Å². The highest BCUT2D eigenvalue weighted by Crippen LogP contribution is 2.25. The summed E-state index contributed by atoms with van der Waals surface area (Å²) in [6.07, 6.45) is 1.59. The zero-order valence-corrected chi connectivity index (χ0v) is 13.0. The first kappa shape index (κ1) is 13.8. The maximum Gasteiger partial charge on any atom is 0.143 e. The predicted molar refractivity (Wildman–Crippen MR) is 85.3 cm³/mol. The molecule has 0 radical (unpaired) electrons. The van der Waals surface area contributed by atoms with Gasteiger partial charge in [0.15, 0.2) is 0 Å². The van der Waals surface area contributed by atoms with Crippen molar-refractivity contribution in [3.8, 4) is 5.69 Å². The molecule has 5 nitrogen and oxygen atoms in total. The minimum absolute atomic E-state index is 0.177. The molecule has 0 saturated carbocycles. The Labute approximate surface area is 131 Å². The van der Waals surface area contributed by atoms with Crippen molar-refractivity contribution in [2.45, 2.75) is 13.0 Å². The highest BCUT2D eigenvalue weighted by Gasteiger charge is 2.10. The molecule has 1 N–H and O–H groups in total. The summed E-state index contributed by atoms with van der Waals surface area (Å²) in [6, 6.07) is 16.4. The molecule has 0 bridgehead atoms. The lowest BCUT2D eigenvalue weighted by Gasteiger charge is -2.18. The van der Waals surface area contributed by atoms with E-state index in [-0.39, 0.29) is 6.04 Å². The van der Waals surface area contributed by atoms with Gasteiger partial charge in [-0.1, -0.05) is 40.2 Å². The first-order chi connectivity index (χ1) is 10.2. The highest BCUT2D eigenvalue weighted by molar-refractivity contribution is 9.10. The normalized spacial score (nSPS) is 12.1. The molecule has 2 aromatic carbocycles. The van der Waals surface area contributed by atoms with Crippen LogP contribution in [0.4, 0.5) is 5.69 Å². The van der Waals surface area contributed by atoms with Gasteiger partial charge < -0.3 is 5.32 Å². The van der Waals surface area contributed by atoms with Gasteiger partial charge in [-0.3, -0.25) is 0 Å². The first-order valence-corrected chi connectivity index (χ1v) is 7.38. The van der Waals surface area contributed by atoms with Gasteiger partial charge >= 0.3 is 0 Å². The van der Waals surface area contributed by atoms with Gasteiger partial charge in [-0.2, -0.15) is 4.68 Å². The Hall–Kier alpha value is -2.21. The molecule has 1 atom stereocenters. The first-order valence-electron chi connectivity index (χ1n) is 6.58. The van der Waals surface area contributed by atoms with Crippen LogP contribution in [0.25, 0.3) is 5.69 Å². The van der Waals surface area contributed by atoms with E-state index < -0.39 is 0 Å².